The summed E-state index contributed by atoms with van der Waals surface area (Å²) in [5.41, 5.74) is 5.39. The smallest absolute Gasteiger partial charge is 0.139 e. The largest absolute Gasteiger partial charge is 0.493 e. The van der Waals surface area contributed by atoms with Gasteiger partial charge in [0.05, 0.1) is 18.3 Å². The molecular weight excluding hydrogens is 216 g/mol. The molecule has 16 heavy (non-hydrogen) atoms. The molecule has 3 N–H and O–H groups in total. The van der Waals surface area contributed by atoms with Crippen LogP contribution in [0.15, 0.2) is 6.07 Å². The van der Waals surface area contributed by atoms with Crippen LogP contribution in [0.25, 0.3) is 0 Å². The predicted octanol–water partition coefficient (Wildman–Crippen LogP) is 1.28. The van der Waals surface area contributed by atoms with E-state index in [2.05, 4.69) is 0 Å². The van der Waals surface area contributed by atoms with Crippen LogP contribution in [-0.2, 0) is 6.42 Å². The number of fused-ring (bicyclic) bond motifs is 1. The first-order chi connectivity index (χ1) is 7.52. The van der Waals surface area contributed by atoms with Gasteiger partial charge in [0.25, 0.3) is 0 Å². The van der Waals surface area contributed by atoms with Crippen molar-refractivity contribution in [2.75, 3.05) is 6.61 Å². The third-order valence-electron chi connectivity index (χ3n) is 2.72. The van der Waals surface area contributed by atoms with E-state index in [0.29, 0.717) is 18.6 Å². The van der Waals surface area contributed by atoms with Crippen molar-refractivity contribution in [2.45, 2.75) is 25.5 Å². The maximum atomic E-state index is 13.9. The minimum atomic E-state index is -1.34. The normalized spacial score (nSPS) is 17.8. The summed E-state index contributed by atoms with van der Waals surface area (Å²) < 4.78 is 32.6. The molecular formula is C11H13F2NO2. The summed E-state index contributed by atoms with van der Waals surface area (Å²) in [5, 5.41) is 9.64. The number of aliphatic hydroxyl groups is 1. The first-order valence-electron chi connectivity index (χ1n) is 5.09. The van der Waals surface area contributed by atoms with E-state index < -0.39 is 23.8 Å². The zero-order valence-corrected chi connectivity index (χ0v) is 8.84. The van der Waals surface area contributed by atoms with Gasteiger partial charge in [-0.25, -0.2) is 8.78 Å². The summed E-state index contributed by atoms with van der Waals surface area (Å²) in [5.74, 6) is -1.34. The molecule has 0 aliphatic carbocycles. The average molecular weight is 229 g/mol. The Morgan fingerprint density at radius 2 is 2.19 bits per heavy atom. The van der Waals surface area contributed by atoms with Crippen molar-refractivity contribution >= 4 is 0 Å². The Kier molecular flexibility index (Phi) is 2.82. The lowest BCUT2D eigenvalue weighted by Gasteiger charge is -2.17. The molecule has 1 aromatic rings. The van der Waals surface area contributed by atoms with E-state index in [4.69, 9.17) is 10.5 Å². The molecule has 3 nitrogen and oxygen atoms in total. The lowest BCUT2D eigenvalue weighted by Crippen LogP contribution is -2.26. The summed E-state index contributed by atoms with van der Waals surface area (Å²) in [6, 6.07) is 0.371. The quantitative estimate of drug-likeness (QED) is 0.803. The minimum Gasteiger partial charge on any atom is -0.493 e. The lowest BCUT2D eigenvalue weighted by atomic mass is 9.99. The van der Waals surface area contributed by atoms with Gasteiger partial charge >= 0.3 is 0 Å². The summed E-state index contributed by atoms with van der Waals surface area (Å²) in [7, 11) is 0. The molecule has 0 spiro atoms. The fourth-order valence-electron chi connectivity index (χ4n) is 1.81. The van der Waals surface area contributed by atoms with Crippen molar-refractivity contribution in [3.63, 3.8) is 0 Å². The molecule has 0 radical (unpaired) electrons. The number of aliphatic hydroxyl groups excluding tert-OH is 1. The van der Waals surface area contributed by atoms with Gasteiger partial charge in [-0.2, -0.15) is 0 Å². The van der Waals surface area contributed by atoms with Crippen molar-refractivity contribution in [3.05, 3.63) is 28.8 Å². The van der Waals surface area contributed by atoms with E-state index in [0.717, 1.165) is 6.07 Å². The van der Waals surface area contributed by atoms with Gasteiger partial charge in [0.15, 0.2) is 0 Å². The van der Waals surface area contributed by atoms with E-state index in [-0.39, 0.29) is 11.3 Å². The monoisotopic (exact) mass is 229 g/mol. The van der Waals surface area contributed by atoms with Gasteiger partial charge < -0.3 is 15.6 Å². The third kappa shape index (κ3) is 1.66. The Labute approximate surface area is 91.8 Å². The highest BCUT2D eigenvalue weighted by molar-refractivity contribution is 5.43. The van der Waals surface area contributed by atoms with Gasteiger partial charge in [0.2, 0.25) is 0 Å². The van der Waals surface area contributed by atoms with Crippen LogP contribution in [0.1, 0.15) is 24.2 Å². The summed E-state index contributed by atoms with van der Waals surface area (Å²) in [6.45, 7) is 1.83. The molecule has 1 aliphatic heterocycles. The number of rotatable bonds is 2. The Morgan fingerprint density at radius 3 is 2.81 bits per heavy atom. The molecule has 1 heterocycles. The van der Waals surface area contributed by atoms with E-state index in [1.807, 2.05) is 0 Å². The molecule has 88 valence electrons. The fraction of sp³-hybridized carbons (Fsp3) is 0.455. The summed E-state index contributed by atoms with van der Waals surface area (Å²) >= 11 is 0. The van der Waals surface area contributed by atoms with Crippen molar-refractivity contribution in [3.8, 4) is 5.75 Å². The molecule has 0 amide bonds. The molecule has 0 saturated heterocycles. The maximum absolute atomic E-state index is 13.9. The summed E-state index contributed by atoms with van der Waals surface area (Å²) in [4.78, 5) is 0. The van der Waals surface area contributed by atoms with Crippen molar-refractivity contribution in [1.29, 1.82) is 0 Å². The number of ether oxygens (including phenoxy) is 1. The van der Waals surface area contributed by atoms with E-state index in [9.17, 15) is 13.9 Å². The first kappa shape index (κ1) is 11.3. The van der Waals surface area contributed by atoms with Crippen molar-refractivity contribution in [2.24, 2.45) is 5.73 Å². The number of benzene rings is 1. The van der Waals surface area contributed by atoms with Gasteiger partial charge in [-0.3, -0.25) is 0 Å². The Bertz CT molecular complexity index is 421. The van der Waals surface area contributed by atoms with Crippen LogP contribution in [0.3, 0.4) is 0 Å². The second kappa shape index (κ2) is 3.99. The second-order valence-corrected chi connectivity index (χ2v) is 3.97. The SMILES string of the molecule is CC(N)C(O)c1c(F)cc2c(c1F)CCO2. The van der Waals surface area contributed by atoms with E-state index >= 15 is 0 Å². The highest BCUT2D eigenvalue weighted by Crippen LogP contribution is 2.34. The first-order valence-corrected chi connectivity index (χ1v) is 5.09. The fourth-order valence-corrected chi connectivity index (χ4v) is 1.81. The Morgan fingerprint density at radius 1 is 1.50 bits per heavy atom. The van der Waals surface area contributed by atoms with Gasteiger partial charge in [-0.05, 0) is 6.92 Å². The predicted molar refractivity (Wildman–Crippen MR) is 54.2 cm³/mol. The van der Waals surface area contributed by atoms with Gasteiger partial charge in [-0.1, -0.05) is 0 Å². The Hall–Kier alpha value is -1.20. The molecule has 2 atom stereocenters. The zero-order valence-electron chi connectivity index (χ0n) is 8.84. The van der Waals surface area contributed by atoms with Crippen molar-refractivity contribution < 1.29 is 18.6 Å². The average Bonchev–Trinajstić information content (AvgIpc) is 2.65. The van der Waals surface area contributed by atoms with Crippen LogP contribution < -0.4 is 10.5 Å². The van der Waals surface area contributed by atoms with Crippen LogP contribution in [0.2, 0.25) is 0 Å². The molecule has 2 rings (SSSR count). The highest BCUT2D eigenvalue weighted by atomic mass is 19.1. The van der Waals surface area contributed by atoms with Crippen LogP contribution >= 0.6 is 0 Å². The summed E-state index contributed by atoms with van der Waals surface area (Å²) in [6.07, 6.45) is -0.953. The zero-order chi connectivity index (χ0) is 11.9. The van der Waals surface area contributed by atoms with Gasteiger partial charge in [0, 0.05) is 24.1 Å². The second-order valence-electron chi connectivity index (χ2n) is 3.97. The van der Waals surface area contributed by atoms with Crippen LogP contribution in [0, 0.1) is 11.6 Å². The van der Waals surface area contributed by atoms with Crippen molar-refractivity contribution in [1.82, 2.24) is 0 Å². The molecule has 0 aromatic heterocycles. The van der Waals surface area contributed by atoms with Gasteiger partial charge in [-0.15, -0.1) is 0 Å². The highest BCUT2D eigenvalue weighted by Gasteiger charge is 2.28. The number of hydrogen-bond acceptors (Lipinski definition) is 3. The minimum absolute atomic E-state index is 0.218. The van der Waals surface area contributed by atoms with E-state index in [1.165, 1.54) is 6.92 Å². The molecule has 1 aliphatic rings. The maximum Gasteiger partial charge on any atom is 0.139 e. The molecule has 5 heteroatoms. The molecule has 0 fully saturated rings. The molecule has 0 saturated carbocycles. The number of nitrogens with two attached hydrogens (primary N) is 1. The number of halogens is 2. The molecule has 1 aromatic carbocycles. The van der Waals surface area contributed by atoms with E-state index in [1.54, 1.807) is 0 Å². The van der Waals surface area contributed by atoms with Crippen LogP contribution in [-0.4, -0.2) is 17.8 Å². The van der Waals surface area contributed by atoms with Gasteiger partial charge in [0.1, 0.15) is 17.4 Å². The van der Waals surface area contributed by atoms with Crippen LogP contribution in [0.5, 0.6) is 5.75 Å². The molecule has 0 bridgehead atoms. The lowest BCUT2D eigenvalue weighted by molar-refractivity contribution is 0.144. The number of hydrogen-bond donors (Lipinski definition) is 2. The third-order valence-corrected chi connectivity index (χ3v) is 2.72. The topological polar surface area (TPSA) is 55.5 Å². The van der Waals surface area contributed by atoms with Crippen LogP contribution in [0.4, 0.5) is 8.78 Å². The Balaban J connectivity index is 2.54. The standard InChI is InChI=1S/C11H13F2NO2/c1-5(14)11(15)9-7(12)4-8-6(10(9)13)2-3-16-8/h4-5,11,15H,2-3,14H2,1H3. The molecule has 2 unspecified atom stereocenters.